The number of carbonyl (C=O) groups is 8. The van der Waals surface area contributed by atoms with Crippen LogP contribution >= 0.6 is 0 Å². The number of carboxylic acids is 1. The van der Waals surface area contributed by atoms with E-state index < -0.39 is 103 Å². The number of hydroxylamine groups is 2. The molecule has 7 amide bonds. The van der Waals surface area contributed by atoms with Gasteiger partial charge in [0, 0.05) is 19.5 Å². The predicted molar refractivity (Wildman–Crippen MR) is 219 cm³/mol. The molecule has 7 unspecified atom stereocenters. The summed E-state index contributed by atoms with van der Waals surface area (Å²) in [5.41, 5.74) is 11.1. The molecule has 23 heteroatoms. The average Bonchev–Trinajstić information content (AvgIpc) is 3.23. The van der Waals surface area contributed by atoms with Crippen molar-refractivity contribution in [3.8, 4) is 0 Å². The summed E-state index contributed by atoms with van der Waals surface area (Å²) < 4.78 is 0. The zero-order valence-corrected chi connectivity index (χ0v) is 35.0. The highest BCUT2D eigenvalue weighted by molar-refractivity contribution is 5.98. The highest BCUT2D eigenvalue weighted by Gasteiger charge is 2.38. The minimum Gasteiger partial charge on any atom is -0.479 e. The van der Waals surface area contributed by atoms with Crippen LogP contribution in [0.5, 0.6) is 0 Å². The molecule has 0 aliphatic heterocycles. The Labute approximate surface area is 355 Å². The first-order chi connectivity index (χ1) is 29.1. The fraction of sp³-hybridized carbons (Fsp3) is 0.737. The minimum atomic E-state index is -2.63. The number of aliphatic hydroxyl groups is 4. The van der Waals surface area contributed by atoms with E-state index in [0.717, 1.165) is 25.7 Å². The van der Waals surface area contributed by atoms with Gasteiger partial charge in [0.2, 0.25) is 41.9 Å². The number of nitrogens with two attached hydrogens (primary N) is 2. The first-order valence-electron chi connectivity index (χ1n) is 20.6. The molecule has 7 atom stereocenters. The lowest BCUT2D eigenvalue weighted by atomic mass is 10.1. The molecule has 61 heavy (non-hydrogen) atoms. The van der Waals surface area contributed by atoms with E-state index in [1.807, 2.05) is 11.4 Å². The van der Waals surface area contributed by atoms with Gasteiger partial charge in [0.25, 0.3) is 0 Å². The molecule has 0 saturated carbocycles. The van der Waals surface area contributed by atoms with E-state index >= 15 is 0 Å². The van der Waals surface area contributed by atoms with Crippen molar-refractivity contribution in [3.63, 3.8) is 0 Å². The van der Waals surface area contributed by atoms with Crippen LogP contribution in [0.4, 0.5) is 0 Å². The van der Waals surface area contributed by atoms with Crippen molar-refractivity contribution >= 4 is 47.8 Å². The number of nitrogens with zero attached hydrogens (tertiary/aromatic N) is 1. The minimum absolute atomic E-state index is 0.0426. The van der Waals surface area contributed by atoms with Crippen LogP contribution in [-0.2, 0) is 38.4 Å². The molecule has 16 N–H and O–H groups in total. The molecular weight excluding hydrogens is 806 g/mol. The van der Waals surface area contributed by atoms with Crippen LogP contribution < -0.4 is 43.4 Å². The van der Waals surface area contributed by atoms with Crippen molar-refractivity contribution in [2.75, 3.05) is 39.4 Å². The smallest absolute Gasteiger partial charge is 0.335 e. The molecule has 0 rings (SSSR count). The Bertz CT molecular complexity index is 1380. The summed E-state index contributed by atoms with van der Waals surface area (Å²) in [6.07, 6.45) is 6.63. The van der Waals surface area contributed by atoms with Gasteiger partial charge in [0.15, 0.2) is 6.10 Å². The van der Waals surface area contributed by atoms with Gasteiger partial charge in [-0.1, -0.05) is 38.3 Å². The van der Waals surface area contributed by atoms with Gasteiger partial charge in [-0.3, -0.25) is 38.8 Å². The largest absolute Gasteiger partial charge is 0.479 e. The molecular formula is C38H69N9O14. The van der Waals surface area contributed by atoms with E-state index in [1.54, 1.807) is 0 Å². The molecule has 0 saturated heterocycles. The quantitative estimate of drug-likeness (QED) is 0.00941. The molecule has 0 radical (unpaired) electrons. The molecule has 0 aliphatic rings. The summed E-state index contributed by atoms with van der Waals surface area (Å²) in [5, 5.41) is 73.5. The van der Waals surface area contributed by atoms with E-state index in [9.17, 15) is 69.1 Å². The number of allylic oxidation sites excluding steroid dienone is 2. The maximum absolute atomic E-state index is 13.4. The highest BCUT2D eigenvalue weighted by Crippen LogP contribution is 2.07. The van der Waals surface area contributed by atoms with E-state index in [1.165, 1.54) is 6.42 Å². The Kier molecular flexibility index (Phi) is 31.2. The van der Waals surface area contributed by atoms with Gasteiger partial charge < -0.3 is 68.9 Å². The van der Waals surface area contributed by atoms with E-state index in [4.69, 9.17) is 11.5 Å². The first-order valence-corrected chi connectivity index (χ1v) is 20.6. The normalized spacial score (nSPS) is 14.6. The Hall–Kier alpha value is -4.78. The van der Waals surface area contributed by atoms with Crippen LogP contribution in [0.25, 0.3) is 0 Å². The summed E-state index contributed by atoms with van der Waals surface area (Å²) in [5.74, 6) is -7.95. The van der Waals surface area contributed by atoms with Gasteiger partial charge in [-0.05, 0) is 70.9 Å². The molecule has 0 aliphatic carbocycles. The van der Waals surface area contributed by atoms with Crippen LogP contribution in [0.2, 0.25) is 0 Å². The number of aliphatic carboxylic acids is 1. The van der Waals surface area contributed by atoms with Gasteiger partial charge in [-0.2, -0.15) is 0 Å². The van der Waals surface area contributed by atoms with Crippen LogP contribution in [0.3, 0.4) is 0 Å². The molecule has 0 fully saturated rings. The molecule has 350 valence electrons. The Morgan fingerprint density at radius 1 is 0.672 bits per heavy atom. The maximum Gasteiger partial charge on any atom is 0.335 e. The average molecular weight is 876 g/mol. The van der Waals surface area contributed by atoms with E-state index in [-0.39, 0.29) is 51.7 Å². The fourth-order valence-electron chi connectivity index (χ4n) is 5.66. The Balaban J connectivity index is 5.64. The van der Waals surface area contributed by atoms with Crippen LogP contribution in [0.1, 0.15) is 96.8 Å². The summed E-state index contributed by atoms with van der Waals surface area (Å²) in [7, 11) is 0. The van der Waals surface area contributed by atoms with Crippen molar-refractivity contribution in [1.82, 2.24) is 37.0 Å². The summed E-state index contributed by atoms with van der Waals surface area (Å²) in [6, 6.07) is -8.29. The molecule has 0 aromatic heterocycles. The molecule has 0 spiro atoms. The number of nitrogens with one attached hydrogen (secondary N) is 6. The summed E-state index contributed by atoms with van der Waals surface area (Å²) in [6.45, 7) is 0.422. The number of carbonyl (C=O) groups excluding carboxylic acids is 7. The topological polar surface area (TPSA) is 385 Å². The fourth-order valence-corrected chi connectivity index (χ4v) is 5.66. The number of hydrogen-bond acceptors (Lipinski definition) is 15. The predicted octanol–water partition coefficient (Wildman–Crippen LogP) is -3.88. The van der Waals surface area contributed by atoms with Crippen LogP contribution in [0, 0.1) is 0 Å². The third-order valence-electron chi connectivity index (χ3n) is 9.20. The second-order valence-corrected chi connectivity index (χ2v) is 14.3. The molecule has 23 nitrogen and oxygen atoms in total. The zero-order valence-electron chi connectivity index (χ0n) is 35.0. The Morgan fingerprint density at radius 2 is 1.31 bits per heavy atom. The van der Waals surface area contributed by atoms with Crippen LogP contribution in [0.15, 0.2) is 12.2 Å². The lowest BCUT2D eigenvalue weighted by Gasteiger charge is -2.27. The van der Waals surface area contributed by atoms with Crippen LogP contribution in [-0.4, -0.2) is 165 Å². The summed E-state index contributed by atoms with van der Waals surface area (Å²) >= 11 is 0. The van der Waals surface area contributed by atoms with Crippen molar-refractivity contribution in [2.24, 2.45) is 11.5 Å². The van der Waals surface area contributed by atoms with Crippen molar-refractivity contribution in [2.45, 2.75) is 139 Å². The highest BCUT2D eigenvalue weighted by atomic mass is 16.5. The monoisotopic (exact) mass is 875 g/mol. The third-order valence-corrected chi connectivity index (χ3v) is 9.20. The van der Waals surface area contributed by atoms with E-state index in [2.05, 4.69) is 39.6 Å². The third kappa shape index (κ3) is 24.9. The second kappa shape index (κ2) is 33.9. The van der Waals surface area contributed by atoms with Gasteiger partial charge in [0.05, 0.1) is 31.8 Å². The van der Waals surface area contributed by atoms with Gasteiger partial charge >= 0.3 is 5.97 Å². The van der Waals surface area contributed by atoms with Crippen molar-refractivity contribution < 1.29 is 69.1 Å². The molecule has 0 bridgehead atoms. The van der Waals surface area contributed by atoms with Gasteiger partial charge in [0.1, 0.15) is 24.2 Å². The standard InChI is InChI=1S/C38H69N9O14/c1-2-3-4-5-6-7-8-9-10-15-30(52)42-27(22-48)29(51)21-31(53)43-28(23-49)36(57)46-32(33(54)38(59)60)37(58)45-26(16-18-40)35(56)44-25(14-13-20-47(61)24-50)34(55)41-19-12-11-17-39/h7-8,24-29,32-33,48-49,51,54,61H,2-6,9-23,39-40H2,1H3,(H,41,55)(H,42,52)(H,43,53)(H,44,56)(H,45,58)(H,46,57)(H,59,60). The number of rotatable bonds is 36. The summed E-state index contributed by atoms with van der Waals surface area (Å²) in [4.78, 5) is 101. The van der Waals surface area contributed by atoms with Gasteiger partial charge in [-0.25, -0.2) is 9.86 Å². The van der Waals surface area contributed by atoms with Gasteiger partial charge in [-0.15, -0.1) is 0 Å². The van der Waals surface area contributed by atoms with Crippen molar-refractivity contribution in [1.29, 1.82) is 0 Å². The maximum atomic E-state index is 13.4. The first kappa shape index (κ1) is 56.2. The second-order valence-electron chi connectivity index (χ2n) is 14.3. The number of amides is 7. The molecule has 0 aromatic rings. The lowest BCUT2D eigenvalue weighted by molar-refractivity contribution is -0.152. The van der Waals surface area contributed by atoms with Crippen molar-refractivity contribution in [3.05, 3.63) is 12.2 Å². The zero-order chi connectivity index (χ0) is 46.2. The Morgan fingerprint density at radius 3 is 1.90 bits per heavy atom. The number of hydrogen-bond donors (Lipinski definition) is 14. The molecule has 0 heterocycles. The molecule has 0 aromatic carbocycles. The lowest BCUT2D eigenvalue weighted by Crippen LogP contribution is -2.62. The number of carboxylic acid groups (broad SMARTS) is 1. The SMILES string of the molecule is CCCCCCC=CCCCC(=O)NC(CO)C(O)CC(=O)NC(CO)C(=O)NC(C(=O)NC(CCN)C(=O)NC(CCCN(O)C=O)C(=O)NCCCCN)C(O)C(=O)O. The van der Waals surface area contributed by atoms with E-state index in [0.29, 0.717) is 37.3 Å². The number of aliphatic hydroxyl groups excluding tert-OH is 4. The number of unbranched alkanes of at least 4 members (excludes halogenated alkanes) is 6.